The van der Waals surface area contributed by atoms with E-state index in [0.717, 1.165) is 13.1 Å². The molecule has 2 aromatic rings. The van der Waals surface area contributed by atoms with Gasteiger partial charge in [-0.2, -0.15) is 0 Å². The molecule has 0 amide bonds. The van der Waals surface area contributed by atoms with Crippen LogP contribution in [0.3, 0.4) is 0 Å². The van der Waals surface area contributed by atoms with Crippen molar-refractivity contribution in [3.63, 3.8) is 0 Å². The monoisotopic (exact) mass is 260 g/mol. The van der Waals surface area contributed by atoms with Gasteiger partial charge < -0.3 is 14.5 Å². The minimum absolute atomic E-state index is 0.449. The Kier molecular flexibility index (Phi) is 4.43. The van der Waals surface area contributed by atoms with Crippen molar-refractivity contribution < 1.29 is 0 Å². The van der Waals surface area contributed by atoms with Gasteiger partial charge in [-0.15, -0.1) is 0 Å². The predicted octanol–water partition coefficient (Wildman–Crippen LogP) is 2.81. The molecule has 19 heavy (non-hydrogen) atoms. The quantitative estimate of drug-likeness (QED) is 0.866. The van der Waals surface area contributed by atoms with Crippen molar-refractivity contribution in [1.82, 2.24) is 19.4 Å². The fourth-order valence-corrected chi connectivity index (χ4v) is 2.17. The average Bonchev–Trinajstić information content (AvgIpc) is 2.96. The number of aromatic nitrogens is 3. The Morgan fingerprint density at radius 3 is 2.68 bits per heavy atom. The van der Waals surface area contributed by atoms with E-state index < -0.39 is 0 Å². The van der Waals surface area contributed by atoms with Gasteiger partial charge in [0, 0.05) is 36.7 Å². The van der Waals surface area contributed by atoms with Crippen LogP contribution >= 0.6 is 0 Å². The van der Waals surface area contributed by atoms with Crippen LogP contribution in [0.4, 0.5) is 0 Å². The number of imidazole rings is 1. The smallest absolute Gasteiger partial charge is 0.0951 e. The number of rotatable bonds is 6. The summed E-state index contributed by atoms with van der Waals surface area (Å²) in [7, 11) is 0. The largest absolute Gasteiger partial charge is 0.344 e. The van der Waals surface area contributed by atoms with E-state index >= 15 is 0 Å². The van der Waals surface area contributed by atoms with Crippen LogP contribution in [0, 0.1) is 0 Å². The average molecular weight is 260 g/mol. The molecule has 104 valence electrons. The molecule has 1 N–H and O–H groups in total. The second kappa shape index (κ2) is 6.06. The number of hydrogen-bond acceptors (Lipinski definition) is 2. The molecule has 2 rings (SSSR count). The summed E-state index contributed by atoms with van der Waals surface area (Å²) in [5.41, 5.74) is 2.56. The first-order valence-corrected chi connectivity index (χ1v) is 6.96. The zero-order valence-corrected chi connectivity index (χ0v) is 12.3. The summed E-state index contributed by atoms with van der Waals surface area (Å²) < 4.78 is 4.50. The van der Waals surface area contributed by atoms with Gasteiger partial charge >= 0.3 is 0 Å². The van der Waals surface area contributed by atoms with Crippen molar-refractivity contribution in [3.05, 3.63) is 42.2 Å². The highest BCUT2D eigenvalue weighted by atomic mass is 15.1. The van der Waals surface area contributed by atoms with E-state index in [2.05, 4.69) is 65.5 Å². The molecule has 0 bridgehead atoms. The van der Waals surface area contributed by atoms with Crippen molar-refractivity contribution in [1.29, 1.82) is 0 Å². The second-order valence-electron chi connectivity index (χ2n) is 5.55. The maximum Gasteiger partial charge on any atom is 0.0951 e. The Morgan fingerprint density at radius 1 is 1.21 bits per heavy atom. The van der Waals surface area contributed by atoms with Crippen LogP contribution in [-0.2, 0) is 13.1 Å². The van der Waals surface area contributed by atoms with E-state index in [1.54, 1.807) is 0 Å². The standard InChI is InChI=1S/C15H24N4/c1-12(2)17-9-14-6-5-7-18(14)10-15-8-16-11-19(15)13(3)4/h5-8,11-13,17H,9-10H2,1-4H3. The summed E-state index contributed by atoms with van der Waals surface area (Å²) in [5.74, 6) is 0. The van der Waals surface area contributed by atoms with E-state index in [1.807, 2.05) is 12.5 Å². The van der Waals surface area contributed by atoms with Crippen molar-refractivity contribution in [2.45, 2.75) is 52.9 Å². The maximum absolute atomic E-state index is 4.26. The van der Waals surface area contributed by atoms with Gasteiger partial charge in [0.1, 0.15) is 0 Å². The summed E-state index contributed by atoms with van der Waals surface area (Å²) in [5, 5.41) is 3.46. The lowest BCUT2D eigenvalue weighted by Crippen LogP contribution is -2.23. The summed E-state index contributed by atoms with van der Waals surface area (Å²) in [4.78, 5) is 4.26. The van der Waals surface area contributed by atoms with Crippen LogP contribution in [0.25, 0.3) is 0 Å². The first-order chi connectivity index (χ1) is 9.08. The molecule has 0 aromatic carbocycles. The van der Waals surface area contributed by atoms with Crippen LogP contribution in [0.15, 0.2) is 30.9 Å². The third kappa shape index (κ3) is 3.47. The molecule has 4 heteroatoms. The molecule has 4 nitrogen and oxygen atoms in total. The van der Waals surface area contributed by atoms with Gasteiger partial charge in [0.25, 0.3) is 0 Å². The Bertz CT molecular complexity index is 508. The zero-order chi connectivity index (χ0) is 13.8. The molecule has 2 aromatic heterocycles. The van der Waals surface area contributed by atoms with E-state index in [4.69, 9.17) is 0 Å². The summed E-state index contributed by atoms with van der Waals surface area (Å²) in [6.07, 6.45) is 6.00. The van der Waals surface area contributed by atoms with Crippen molar-refractivity contribution in [3.8, 4) is 0 Å². The predicted molar refractivity (Wildman–Crippen MR) is 78.1 cm³/mol. The van der Waals surface area contributed by atoms with Crippen LogP contribution in [0.5, 0.6) is 0 Å². The molecule has 2 heterocycles. The van der Waals surface area contributed by atoms with Crippen LogP contribution in [0.2, 0.25) is 0 Å². The Balaban J connectivity index is 2.10. The van der Waals surface area contributed by atoms with Crippen molar-refractivity contribution in [2.75, 3.05) is 0 Å². The van der Waals surface area contributed by atoms with E-state index in [9.17, 15) is 0 Å². The third-order valence-corrected chi connectivity index (χ3v) is 3.25. The fraction of sp³-hybridized carbons (Fsp3) is 0.533. The molecule has 0 unspecified atom stereocenters. The van der Waals surface area contributed by atoms with Crippen molar-refractivity contribution in [2.24, 2.45) is 0 Å². The van der Waals surface area contributed by atoms with Crippen LogP contribution in [-0.4, -0.2) is 20.2 Å². The Labute approximate surface area is 115 Å². The Morgan fingerprint density at radius 2 is 2.00 bits per heavy atom. The molecule has 0 saturated heterocycles. The fourth-order valence-electron chi connectivity index (χ4n) is 2.17. The number of nitrogens with zero attached hydrogens (tertiary/aromatic N) is 3. The van der Waals surface area contributed by atoms with E-state index in [0.29, 0.717) is 12.1 Å². The lowest BCUT2D eigenvalue weighted by Gasteiger charge is -2.15. The molecule has 0 aliphatic heterocycles. The highest BCUT2D eigenvalue weighted by molar-refractivity contribution is 5.11. The Hall–Kier alpha value is -1.55. The molecular weight excluding hydrogens is 236 g/mol. The van der Waals surface area contributed by atoms with Gasteiger partial charge in [0.2, 0.25) is 0 Å². The lowest BCUT2D eigenvalue weighted by molar-refractivity contribution is 0.540. The van der Waals surface area contributed by atoms with Crippen LogP contribution in [0.1, 0.15) is 45.1 Å². The van der Waals surface area contributed by atoms with E-state index in [-0.39, 0.29) is 0 Å². The topological polar surface area (TPSA) is 34.8 Å². The molecule has 0 atom stereocenters. The normalized spacial score (nSPS) is 11.7. The van der Waals surface area contributed by atoms with Gasteiger partial charge in [-0.05, 0) is 26.0 Å². The summed E-state index contributed by atoms with van der Waals surface area (Å²) in [6.45, 7) is 10.5. The summed E-state index contributed by atoms with van der Waals surface area (Å²) in [6, 6.07) is 5.23. The minimum Gasteiger partial charge on any atom is -0.344 e. The van der Waals surface area contributed by atoms with Gasteiger partial charge in [-0.3, -0.25) is 0 Å². The molecule has 0 spiro atoms. The molecule has 0 aliphatic carbocycles. The number of nitrogens with one attached hydrogen (secondary N) is 1. The van der Waals surface area contributed by atoms with Gasteiger partial charge in [-0.1, -0.05) is 13.8 Å². The van der Waals surface area contributed by atoms with Crippen molar-refractivity contribution >= 4 is 0 Å². The zero-order valence-electron chi connectivity index (χ0n) is 12.3. The molecular formula is C15H24N4. The lowest BCUT2D eigenvalue weighted by atomic mass is 10.3. The number of hydrogen-bond donors (Lipinski definition) is 1. The van der Waals surface area contributed by atoms with Gasteiger partial charge in [0.05, 0.1) is 18.6 Å². The molecule has 0 aliphatic rings. The molecule has 0 saturated carbocycles. The third-order valence-electron chi connectivity index (χ3n) is 3.25. The van der Waals surface area contributed by atoms with Crippen LogP contribution < -0.4 is 5.32 Å². The molecule has 0 fully saturated rings. The highest BCUT2D eigenvalue weighted by Gasteiger charge is 2.08. The first-order valence-electron chi connectivity index (χ1n) is 6.96. The SMILES string of the molecule is CC(C)NCc1cccn1Cc1cncn1C(C)C. The maximum atomic E-state index is 4.26. The van der Waals surface area contributed by atoms with Gasteiger partial charge in [-0.25, -0.2) is 4.98 Å². The minimum atomic E-state index is 0.449. The van der Waals surface area contributed by atoms with E-state index in [1.165, 1.54) is 11.4 Å². The highest BCUT2D eigenvalue weighted by Crippen LogP contribution is 2.12. The summed E-state index contributed by atoms with van der Waals surface area (Å²) >= 11 is 0. The first kappa shape index (κ1) is 13.9. The van der Waals surface area contributed by atoms with Gasteiger partial charge in [0.15, 0.2) is 0 Å². The second-order valence-corrected chi connectivity index (χ2v) is 5.55. The molecule has 0 radical (unpaired) electrons.